The van der Waals surface area contributed by atoms with Crippen LogP contribution in [0.3, 0.4) is 0 Å². The summed E-state index contributed by atoms with van der Waals surface area (Å²) in [6.45, 7) is 3.76. The van der Waals surface area contributed by atoms with Crippen LogP contribution in [0.4, 0.5) is 0 Å². The number of rotatable bonds is 1. The van der Waals surface area contributed by atoms with Crippen LogP contribution >= 0.6 is 0 Å². The minimum Gasteiger partial charge on any atom is -0.192 e. The summed E-state index contributed by atoms with van der Waals surface area (Å²) in [6, 6.07) is 2.07. The molecule has 0 amide bonds. The minimum absolute atomic E-state index is 0.641. The third-order valence-corrected chi connectivity index (χ3v) is 1.42. The van der Waals surface area contributed by atoms with Gasteiger partial charge in [0.05, 0.1) is 17.0 Å². The fourth-order valence-electron chi connectivity index (χ4n) is 0.837. The van der Waals surface area contributed by atoms with Gasteiger partial charge in [0.25, 0.3) is 0 Å². The Bertz CT molecular complexity index is 242. The van der Waals surface area contributed by atoms with Crippen LogP contribution in [-0.2, 0) is 0 Å². The Morgan fingerprint density at radius 3 is 2.70 bits per heavy atom. The maximum atomic E-state index is 8.59. The summed E-state index contributed by atoms with van der Waals surface area (Å²) in [5.74, 6) is 0. The molecule has 0 fully saturated rings. The number of nitriles is 1. The number of hydrogen-bond acceptors (Lipinski definition) is 2. The molecule has 0 bridgehead atoms. The van der Waals surface area contributed by atoms with Gasteiger partial charge in [-0.3, -0.25) is 0 Å². The summed E-state index contributed by atoms with van der Waals surface area (Å²) in [5, 5.41) is 12.4. The number of nitrogens with zero attached hydrogens (tertiary/aromatic N) is 3. The molecule has 1 heterocycles. The monoisotopic (exact) mass is 134 g/mol. The van der Waals surface area contributed by atoms with Crippen molar-refractivity contribution in [3.63, 3.8) is 0 Å². The van der Waals surface area contributed by atoms with Crippen LogP contribution in [0.2, 0.25) is 0 Å². The van der Waals surface area contributed by atoms with Crippen LogP contribution in [-0.4, -0.2) is 5.71 Å². The zero-order valence-electron chi connectivity index (χ0n) is 6.05. The average molecular weight is 134 g/mol. The van der Waals surface area contributed by atoms with E-state index in [1.54, 1.807) is 6.92 Å². The number of hydrogen-bond donors (Lipinski definition) is 0. The second-order valence-corrected chi connectivity index (χ2v) is 2.07. The van der Waals surface area contributed by atoms with E-state index in [1.165, 1.54) is 0 Å². The molecule has 10 heavy (non-hydrogen) atoms. The molecule has 0 spiro atoms. The smallest absolute Gasteiger partial charge is 0.103 e. The number of allylic oxidation sites excluding steroid dienone is 2. The van der Waals surface area contributed by atoms with E-state index in [4.69, 9.17) is 5.26 Å². The normalized spacial score (nSPS) is 16.3. The van der Waals surface area contributed by atoms with Crippen LogP contribution in [0, 0.1) is 11.3 Å². The van der Waals surface area contributed by atoms with Crippen molar-refractivity contribution in [1.82, 2.24) is 5.43 Å². The van der Waals surface area contributed by atoms with Crippen LogP contribution < -0.4 is 5.43 Å². The molecule has 0 aromatic heterocycles. The van der Waals surface area contributed by atoms with Gasteiger partial charge in [0, 0.05) is 0 Å². The zero-order valence-corrected chi connectivity index (χ0v) is 6.05. The molecule has 51 valence electrons. The zero-order chi connectivity index (χ0) is 7.56. The first-order valence-corrected chi connectivity index (χ1v) is 3.18. The summed E-state index contributed by atoms with van der Waals surface area (Å²) in [7, 11) is 0. The molecule has 0 aromatic rings. The summed E-state index contributed by atoms with van der Waals surface area (Å²) in [4.78, 5) is 0. The predicted octanol–water partition coefficient (Wildman–Crippen LogP) is 1.17. The largest absolute Gasteiger partial charge is 0.192 e. The fourth-order valence-corrected chi connectivity index (χ4v) is 0.837. The molecule has 0 aliphatic carbocycles. The Kier molecular flexibility index (Phi) is 1.72. The van der Waals surface area contributed by atoms with E-state index in [0.29, 0.717) is 5.57 Å². The van der Waals surface area contributed by atoms with Crippen molar-refractivity contribution in [2.24, 2.45) is 5.10 Å². The van der Waals surface area contributed by atoms with Crippen molar-refractivity contribution < 1.29 is 0 Å². The molecule has 1 radical (unpaired) electrons. The average Bonchev–Trinajstić information content (AvgIpc) is 2.30. The molecule has 1 rings (SSSR count). The minimum atomic E-state index is 0.641. The van der Waals surface area contributed by atoms with Gasteiger partial charge in [0.1, 0.15) is 6.07 Å². The predicted molar refractivity (Wildman–Crippen MR) is 38.2 cm³/mol. The van der Waals surface area contributed by atoms with Crippen molar-refractivity contribution in [3.05, 3.63) is 11.3 Å². The van der Waals surface area contributed by atoms with Crippen molar-refractivity contribution >= 4 is 5.71 Å². The maximum Gasteiger partial charge on any atom is 0.103 e. The summed E-state index contributed by atoms with van der Waals surface area (Å²) in [6.07, 6.45) is 0.781. The van der Waals surface area contributed by atoms with Gasteiger partial charge < -0.3 is 0 Å². The highest BCUT2D eigenvalue weighted by atomic mass is 15.3. The van der Waals surface area contributed by atoms with E-state index in [2.05, 4.69) is 16.6 Å². The quantitative estimate of drug-likeness (QED) is 0.531. The third kappa shape index (κ3) is 0.883. The molecule has 3 heteroatoms. The summed E-state index contributed by atoms with van der Waals surface area (Å²) < 4.78 is 0. The third-order valence-electron chi connectivity index (χ3n) is 1.42. The van der Waals surface area contributed by atoms with Gasteiger partial charge in [-0.25, -0.2) is 0 Å². The van der Waals surface area contributed by atoms with Crippen molar-refractivity contribution in [3.8, 4) is 6.07 Å². The Hall–Kier alpha value is -1.30. The Morgan fingerprint density at radius 1 is 1.60 bits per heavy atom. The van der Waals surface area contributed by atoms with E-state index in [-0.39, 0.29) is 0 Å². The lowest BCUT2D eigenvalue weighted by molar-refractivity contribution is 0.889. The summed E-state index contributed by atoms with van der Waals surface area (Å²) in [5.41, 5.74) is 5.97. The first kappa shape index (κ1) is 6.81. The highest BCUT2D eigenvalue weighted by molar-refractivity contribution is 6.05. The van der Waals surface area contributed by atoms with E-state index in [9.17, 15) is 0 Å². The van der Waals surface area contributed by atoms with Gasteiger partial charge in [0.15, 0.2) is 0 Å². The van der Waals surface area contributed by atoms with Crippen LogP contribution in [0.5, 0.6) is 0 Å². The second kappa shape index (κ2) is 2.53. The van der Waals surface area contributed by atoms with Gasteiger partial charge in [-0.1, -0.05) is 6.92 Å². The Balaban J connectivity index is 2.93. The van der Waals surface area contributed by atoms with E-state index in [1.807, 2.05) is 6.92 Å². The van der Waals surface area contributed by atoms with Gasteiger partial charge in [-0.2, -0.15) is 15.8 Å². The van der Waals surface area contributed by atoms with Gasteiger partial charge >= 0.3 is 0 Å². The fraction of sp³-hybridized carbons (Fsp3) is 0.429. The lowest BCUT2D eigenvalue weighted by Crippen LogP contribution is -1.95. The topological polar surface area (TPSA) is 50.2 Å². The Morgan fingerprint density at radius 2 is 2.30 bits per heavy atom. The molecule has 1 aliphatic rings. The highest BCUT2D eigenvalue weighted by Crippen LogP contribution is 2.12. The molecule has 0 saturated heterocycles. The molecule has 0 saturated carbocycles. The van der Waals surface area contributed by atoms with Crippen LogP contribution in [0.25, 0.3) is 0 Å². The van der Waals surface area contributed by atoms with E-state index in [0.717, 1.165) is 17.8 Å². The molecule has 0 N–H and O–H groups in total. The molecule has 3 nitrogen and oxygen atoms in total. The van der Waals surface area contributed by atoms with Crippen molar-refractivity contribution in [2.75, 3.05) is 0 Å². The van der Waals surface area contributed by atoms with Crippen molar-refractivity contribution in [2.45, 2.75) is 20.3 Å². The first-order valence-electron chi connectivity index (χ1n) is 3.18. The standard InChI is InChI=1S/C7H8N3/c1-3-7-6(4-8)5(2)9-10-7/h3H2,1-2H3. The highest BCUT2D eigenvalue weighted by Gasteiger charge is 2.15. The molecular weight excluding hydrogens is 126 g/mol. The summed E-state index contributed by atoms with van der Waals surface area (Å²) >= 11 is 0. The van der Waals surface area contributed by atoms with E-state index >= 15 is 0 Å². The molecule has 0 aromatic carbocycles. The van der Waals surface area contributed by atoms with E-state index < -0.39 is 0 Å². The molecular formula is C7H8N3. The lowest BCUT2D eigenvalue weighted by atomic mass is 10.1. The first-order chi connectivity index (χ1) is 4.79. The lowest BCUT2D eigenvalue weighted by Gasteiger charge is -1.89. The van der Waals surface area contributed by atoms with Gasteiger partial charge in [-0.05, 0) is 13.3 Å². The molecule has 1 aliphatic heterocycles. The second-order valence-electron chi connectivity index (χ2n) is 2.07. The maximum absolute atomic E-state index is 8.59. The molecule has 0 unspecified atom stereocenters. The van der Waals surface area contributed by atoms with Gasteiger partial charge in [0.2, 0.25) is 0 Å². The molecule has 0 atom stereocenters. The Labute approximate surface area is 60.0 Å². The van der Waals surface area contributed by atoms with Crippen LogP contribution in [0.15, 0.2) is 16.4 Å². The SMILES string of the molecule is CCC1=N[N]C(C)=C1C#N. The van der Waals surface area contributed by atoms with Crippen molar-refractivity contribution in [1.29, 1.82) is 5.26 Å². The van der Waals surface area contributed by atoms with Gasteiger partial charge in [-0.15, -0.1) is 0 Å². The van der Waals surface area contributed by atoms with Crippen LogP contribution in [0.1, 0.15) is 20.3 Å².